The number of aromatic nitrogens is 2. The Bertz CT molecular complexity index is 665. The highest BCUT2D eigenvalue weighted by molar-refractivity contribution is 6.42. The van der Waals surface area contributed by atoms with Crippen LogP contribution in [0.3, 0.4) is 0 Å². The van der Waals surface area contributed by atoms with Gasteiger partial charge in [0, 0.05) is 20.0 Å². The van der Waals surface area contributed by atoms with Gasteiger partial charge < -0.3 is 0 Å². The van der Waals surface area contributed by atoms with Crippen LogP contribution in [0, 0.1) is 0 Å². The van der Waals surface area contributed by atoms with Gasteiger partial charge in [-0.2, -0.15) is 5.10 Å². The molecule has 20 heavy (non-hydrogen) atoms. The highest BCUT2D eigenvalue weighted by atomic mass is 35.5. The van der Waals surface area contributed by atoms with Crippen molar-refractivity contribution >= 4 is 40.4 Å². The van der Waals surface area contributed by atoms with Crippen molar-refractivity contribution < 1.29 is 0 Å². The molecule has 1 aliphatic rings. The smallest absolute Gasteiger partial charge is 0.123 e. The van der Waals surface area contributed by atoms with Crippen LogP contribution in [0.1, 0.15) is 6.42 Å². The van der Waals surface area contributed by atoms with Crippen molar-refractivity contribution in [3.05, 3.63) is 40.6 Å². The molecule has 0 saturated carbocycles. The number of rotatable bonds is 2. The van der Waals surface area contributed by atoms with Gasteiger partial charge in [0.25, 0.3) is 0 Å². The zero-order chi connectivity index (χ0) is 14.1. The molecule has 1 N–H and O–H groups in total. The second kappa shape index (κ2) is 5.34. The highest BCUT2D eigenvalue weighted by Crippen LogP contribution is 2.27. The second-order valence-electron chi connectivity index (χ2n) is 4.54. The van der Waals surface area contributed by atoms with Crippen LogP contribution >= 0.6 is 23.2 Å². The molecule has 0 bridgehead atoms. The number of nitrogens with zero attached hydrogens (tertiary/aromatic N) is 4. The van der Waals surface area contributed by atoms with Crippen molar-refractivity contribution in [2.45, 2.75) is 6.42 Å². The Morgan fingerprint density at radius 2 is 2.15 bits per heavy atom. The summed E-state index contributed by atoms with van der Waals surface area (Å²) < 4.78 is 1.73. The van der Waals surface area contributed by atoms with E-state index in [1.54, 1.807) is 16.9 Å². The van der Waals surface area contributed by atoms with Crippen molar-refractivity contribution in [1.82, 2.24) is 15.2 Å². The average molecular weight is 310 g/mol. The van der Waals surface area contributed by atoms with Crippen LogP contribution in [0.15, 0.2) is 35.6 Å². The Labute approximate surface area is 126 Å². The molecular weight excluding hydrogens is 297 g/mol. The Kier molecular flexibility index (Phi) is 3.54. The Morgan fingerprint density at radius 1 is 1.30 bits per heavy atom. The largest absolute Gasteiger partial charge is 0.286 e. The third-order valence-electron chi connectivity index (χ3n) is 3.01. The van der Waals surface area contributed by atoms with Crippen LogP contribution in [-0.4, -0.2) is 22.2 Å². The first-order valence-corrected chi connectivity index (χ1v) is 6.93. The van der Waals surface area contributed by atoms with Gasteiger partial charge in [-0.1, -0.05) is 23.2 Å². The molecule has 1 aromatic carbocycles. The Morgan fingerprint density at radius 3 is 2.85 bits per heavy atom. The number of hydrogen-bond acceptors (Lipinski definition) is 3. The van der Waals surface area contributed by atoms with Gasteiger partial charge in [-0.25, -0.2) is 4.99 Å². The van der Waals surface area contributed by atoms with E-state index in [0.717, 1.165) is 30.2 Å². The molecule has 0 aliphatic carbocycles. The molecule has 1 fully saturated rings. The number of benzene rings is 1. The summed E-state index contributed by atoms with van der Waals surface area (Å²) in [6.07, 6.45) is 4.45. The van der Waals surface area contributed by atoms with Gasteiger partial charge in [-0.3, -0.25) is 15.1 Å². The number of nitrogens with one attached hydrogen (secondary N) is 1. The molecule has 3 rings (SSSR count). The predicted octanol–water partition coefficient (Wildman–Crippen LogP) is 3.17. The lowest BCUT2D eigenvalue weighted by molar-refractivity contribution is 0.768. The molecular formula is C13H13Cl2N5. The van der Waals surface area contributed by atoms with Crippen molar-refractivity contribution in [2.75, 3.05) is 11.6 Å². The molecule has 0 spiro atoms. The first-order valence-electron chi connectivity index (χ1n) is 6.17. The fourth-order valence-corrected chi connectivity index (χ4v) is 2.33. The summed E-state index contributed by atoms with van der Waals surface area (Å²) in [5.41, 5.74) is 5.06. The topological polar surface area (TPSA) is 45.5 Å². The second-order valence-corrected chi connectivity index (χ2v) is 5.36. The van der Waals surface area contributed by atoms with Crippen molar-refractivity contribution in [3.63, 3.8) is 0 Å². The maximum atomic E-state index is 6.03. The molecule has 0 radical (unpaired) electrons. The third-order valence-corrected chi connectivity index (χ3v) is 3.75. The summed E-state index contributed by atoms with van der Waals surface area (Å²) in [6.45, 7) is 0.830. The highest BCUT2D eigenvalue weighted by Gasteiger charge is 2.18. The zero-order valence-electron chi connectivity index (χ0n) is 10.8. The lowest BCUT2D eigenvalue weighted by atomic mass is 10.3. The summed E-state index contributed by atoms with van der Waals surface area (Å²) in [4.78, 5) is 4.52. The van der Waals surface area contributed by atoms with Gasteiger partial charge in [0.2, 0.25) is 0 Å². The van der Waals surface area contributed by atoms with Crippen LogP contribution in [0.2, 0.25) is 10.0 Å². The van der Waals surface area contributed by atoms with Crippen LogP contribution in [-0.2, 0) is 7.05 Å². The van der Waals surface area contributed by atoms with Gasteiger partial charge >= 0.3 is 0 Å². The van der Waals surface area contributed by atoms with E-state index in [9.17, 15) is 0 Å². The van der Waals surface area contributed by atoms with Crippen molar-refractivity contribution in [2.24, 2.45) is 12.0 Å². The maximum Gasteiger partial charge on any atom is 0.123 e. The number of halogens is 2. The lowest BCUT2D eigenvalue weighted by Gasteiger charge is -2.18. The summed E-state index contributed by atoms with van der Waals surface area (Å²) >= 11 is 12.0. The van der Waals surface area contributed by atoms with Gasteiger partial charge in [0.1, 0.15) is 11.5 Å². The number of anilines is 1. The average Bonchev–Trinajstić information content (AvgIpc) is 3.03. The van der Waals surface area contributed by atoms with Crippen LogP contribution in [0.4, 0.5) is 11.4 Å². The molecule has 7 heteroatoms. The van der Waals surface area contributed by atoms with E-state index in [2.05, 4.69) is 15.5 Å². The predicted molar refractivity (Wildman–Crippen MR) is 81.9 cm³/mol. The van der Waals surface area contributed by atoms with Crippen LogP contribution in [0.5, 0.6) is 0 Å². The minimum Gasteiger partial charge on any atom is -0.286 e. The number of hydrazine groups is 1. The first kappa shape index (κ1) is 13.3. The minimum atomic E-state index is 0.545. The fourth-order valence-electron chi connectivity index (χ4n) is 2.03. The number of aryl methyl sites for hydroxylation is 1. The number of amidine groups is 1. The fraction of sp³-hybridized carbons (Fsp3) is 0.231. The van der Waals surface area contributed by atoms with E-state index in [-0.39, 0.29) is 0 Å². The van der Waals surface area contributed by atoms with E-state index in [4.69, 9.17) is 23.2 Å². The number of aliphatic imine (C=N–C) groups is 1. The van der Waals surface area contributed by atoms with Crippen molar-refractivity contribution in [1.29, 1.82) is 0 Å². The molecule has 0 amide bonds. The van der Waals surface area contributed by atoms with Gasteiger partial charge in [-0.05, 0) is 18.2 Å². The molecule has 104 valence electrons. The Hall–Kier alpha value is -1.72. The molecule has 5 nitrogen and oxygen atoms in total. The first-order chi connectivity index (χ1) is 9.61. The van der Waals surface area contributed by atoms with E-state index in [1.165, 1.54) is 0 Å². The van der Waals surface area contributed by atoms with E-state index in [1.807, 2.05) is 30.4 Å². The molecule has 1 saturated heterocycles. The molecule has 2 aromatic rings. The van der Waals surface area contributed by atoms with E-state index in [0.29, 0.717) is 10.0 Å². The summed E-state index contributed by atoms with van der Waals surface area (Å²) in [5.74, 6) is 0.907. The molecule has 2 heterocycles. The SMILES string of the molecule is Cn1cc(N=C2CCN(c3ccc(Cl)c(Cl)c3)N2)cn1. The molecule has 0 atom stereocenters. The maximum absolute atomic E-state index is 6.03. The molecule has 1 aromatic heterocycles. The van der Waals surface area contributed by atoms with Crippen molar-refractivity contribution in [3.8, 4) is 0 Å². The van der Waals surface area contributed by atoms with Gasteiger partial charge in [0.05, 0.1) is 28.1 Å². The summed E-state index contributed by atoms with van der Waals surface area (Å²) in [5, 5.41) is 7.19. The number of hydrogen-bond donors (Lipinski definition) is 1. The third kappa shape index (κ3) is 2.73. The van der Waals surface area contributed by atoms with Crippen LogP contribution < -0.4 is 10.4 Å². The zero-order valence-corrected chi connectivity index (χ0v) is 12.4. The normalized spacial score (nSPS) is 16.8. The molecule has 0 unspecified atom stereocenters. The van der Waals surface area contributed by atoms with Gasteiger partial charge in [0.15, 0.2) is 0 Å². The lowest BCUT2D eigenvalue weighted by Crippen LogP contribution is -2.32. The standard InChI is InChI=1S/C13H13Cl2N5/c1-19-8-9(7-16-19)17-13-4-5-20(18-13)10-2-3-11(14)12(15)6-10/h2-3,6-8H,4-5H2,1H3,(H,17,18). The van der Waals surface area contributed by atoms with E-state index >= 15 is 0 Å². The van der Waals surface area contributed by atoms with Crippen LogP contribution in [0.25, 0.3) is 0 Å². The summed E-state index contributed by atoms with van der Waals surface area (Å²) in [6, 6.07) is 5.55. The van der Waals surface area contributed by atoms with E-state index < -0.39 is 0 Å². The molecule has 1 aliphatic heterocycles. The summed E-state index contributed by atoms with van der Waals surface area (Å²) in [7, 11) is 1.87. The van der Waals surface area contributed by atoms with Gasteiger partial charge in [-0.15, -0.1) is 0 Å². The Balaban J connectivity index is 1.76. The minimum absolute atomic E-state index is 0.545. The quantitative estimate of drug-likeness (QED) is 0.926. The monoisotopic (exact) mass is 309 g/mol.